The largest absolute Gasteiger partial charge is 0.369 e. The van der Waals surface area contributed by atoms with Gasteiger partial charge in [0.1, 0.15) is 11.6 Å². The van der Waals surface area contributed by atoms with E-state index in [1.54, 1.807) is 36.1 Å². The summed E-state index contributed by atoms with van der Waals surface area (Å²) in [6.07, 6.45) is 12.8. The number of hydrogen-bond acceptors (Lipinski definition) is 9. The summed E-state index contributed by atoms with van der Waals surface area (Å²) in [5, 5.41) is 10.3. The normalized spacial score (nSPS) is 16.6. The molecule has 1 unspecified atom stereocenters. The molecule has 0 aliphatic carbocycles. The van der Waals surface area contributed by atoms with E-state index < -0.39 is 11.6 Å². The predicted octanol–water partition coefficient (Wildman–Crippen LogP) is 5.54. The van der Waals surface area contributed by atoms with E-state index in [0.717, 1.165) is 94.6 Å². The van der Waals surface area contributed by atoms with E-state index in [9.17, 15) is 18.4 Å². The van der Waals surface area contributed by atoms with Crippen LogP contribution in [0.2, 0.25) is 0 Å². The zero-order valence-corrected chi connectivity index (χ0v) is 30.2. The molecular formula is C39H46F2N10O2. The number of carbonyl (C=O) groups is 2. The zero-order valence-electron chi connectivity index (χ0n) is 30.2. The fraction of sp³-hybridized carbons (Fsp3) is 0.410. The molecule has 7 rings (SSSR count). The lowest BCUT2D eigenvalue weighted by atomic mass is 9.93. The van der Waals surface area contributed by atoms with Crippen molar-refractivity contribution in [2.75, 3.05) is 62.6 Å². The van der Waals surface area contributed by atoms with Crippen molar-refractivity contribution >= 4 is 35.2 Å². The van der Waals surface area contributed by atoms with Crippen molar-refractivity contribution in [3.8, 4) is 11.3 Å². The highest BCUT2D eigenvalue weighted by Gasteiger charge is 2.24. The molecule has 0 radical (unpaired) electrons. The Morgan fingerprint density at radius 2 is 1.70 bits per heavy atom. The second-order valence-electron chi connectivity index (χ2n) is 14.0. The third-order valence-corrected chi connectivity index (χ3v) is 10.6. The van der Waals surface area contributed by atoms with Gasteiger partial charge in [-0.2, -0.15) is 5.10 Å². The van der Waals surface area contributed by atoms with Crippen LogP contribution in [0.5, 0.6) is 0 Å². The number of amides is 2. The molecule has 2 fully saturated rings. The second-order valence-corrected chi connectivity index (χ2v) is 14.0. The lowest BCUT2D eigenvalue weighted by Gasteiger charge is -2.38. The van der Waals surface area contributed by atoms with Gasteiger partial charge < -0.3 is 15.1 Å². The number of imide groups is 1. The van der Waals surface area contributed by atoms with Crippen LogP contribution in [0.1, 0.15) is 55.7 Å². The number of imidazole rings is 1. The molecule has 2 amide bonds. The van der Waals surface area contributed by atoms with Gasteiger partial charge in [0.25, 0.3) is 0 Å². The van der Waals surface area contributed by atoms with Crippen molar-refractivity contribution in [2.24, 2.45) is 0 Å². The van der Waals surface area contributed by atoms with Crippen LogP contribution < -0.4 is 15.5 Å². The van der Waals surface area contributed by atoms with Gasteiger partial charge in [0, 0.05) is 88.3 Å². The molecular weight excluding hydrogens is 678 g/mol. The summed E-state index contributed by atoms with van der Waals surface area (Å²) in [7, 11) is 0. The summed E-state index contributed by atoms with van der Waals surface area (Å²) in [6.45, 7) is 11.7. The maximum absolute atomic E-state index is 14.7. The van der Waals surface area contributed by atoms with Gasteiger partial charge in [-0.1, -0.05) is 25.5 Å². The smallest absolute Gasteiger partial charge is 0.233 e. The van der Waals surface area contributed by atoms with Gasteiger partial charge in [0.15, 0.2) is 11.5 Å². The standard InChI is InChI=1S/C39H46F2N10O2/c1-3-4-32(39(53)44-26-52)28-5-7-30(8-6-28)49-19-17-48(18-20-49)16-15-47-12-9-31(10-13-47)51-25-29(23-45-51)46-37-38-42-11-14-50(38)36(24-43-37)33-21-27(2)34(40)22-35(33)41/h5-8,11,14,21-26,31-32H,3-4,9-10,12-13,15-20H2,1-2H3,(H,43,46)(H,44,52,53). The topological polar surface area (TPSA) is 116 Å². The van der Waals surface area contributed by atoms with Crippen LogP contribution in [-0.2, 0) is 9.59 Å². The molecule has 2 aromatic carbocycles. The molecule has 278 valence electrons. The minimum Gasteiger partial charge on any atom is -0.369 e. The second kappa shape index (κ2) is 16.2. The van der Waals surface area contributed by atoms with Gasteiger partial charge in [0.05, 0.1) is 35.7 Å². The average molecular weight is 725 g/mol. The molecule has 5 heterocycles. The zero-order chi connectivity index (χ0) is 36.9. The van der Waals surface area contributed by atoms with Crippen molar-refractivity contribution < 1.29 is 18.4 Å². The Hall–Kier alpha value is -5.21. The number of likely N-dealkylation sites (tertiary alicyclic amines) is 1. The number of aromatic nitrogens is 5. The minimum atomic E-state index is -0.653. The molecule has 0 saturated carbocycles. The fourth-order valence-corrected chi connectivity index (χ4v) is 7.53. The first-order valence-electron chi connectivity index (χ1n) is 18.4. The summed E-state index contributed by atoms with van der Waals surface area (Å²) in [5.41, 5.74) is 4.52. The van der Waals surface area contributed by atoms with Crippen molar-refractivity contribution in [1.82, 2.24) is 39.3 Å². The quantitative estimate of drug-likeness (QED) is 0.151. The molecule has 2 aliphatic heterocycles. The minimum absolute atomic E-state index is 0.245. The molecule has 5 aromatic rings. The van der Waals surface area contributed by atoms with Crippen LogP contribution in [0.15, 0.2) is 67.4 Å². The van der Waals surface area contributed by atoms with Crippen molar-refractivity contribution in [1.29, 1.82) is 0 Å². The number of aryl methyl sites for hydroxylation is 1. The van der Waals surface area contributed by atoms with Crippen molar-refractivity contribution in [3.63, 3.8) is 0 Å². The van der Waals surface area contributed by atoms with Gasteiger partial charge in [-0.3, -0.25) is 28.9 Å². The number of piperidine rings is 1. The Labute approximate surface area is 307 Å². The number of hydrogen-bond donors (Lipinski definition) is 2. The Bertz CT molecular complexity index is 2030. The molecule has 2 aliphatic rings. The number of fused-ring (bicyclic) bond motifs is 1. The maximum Gasteiger partial charge on any atom is 0.233 e. The third-order valence-electron chi connectivity index (χ3n) is 10.6. The Morgan fingerprint density at radius 3 is 2.42 bits per heavy atom. The van der Waals surface area contributed by atoms with Crippen LogP contribution in [0.3, 0.4) is 0 Å². The number of halogens is 2. The summed E-state index contributed by atoms with van der Waals surface area (Å²) < 4.78 is 32.4. The van der Waals surface area contributed by atoms with E-state index in [4.69, 9.17) is 0 Å². The molecule has 12 nitrogen and oxygen atoms in total. The van der Waals surface area contributed by atoms with Crippen LogP contribution >= 0.6 is 0 Å². The summed E-state index contributed by atoms with van der Waals surface area (Å²) in [5.74, 6) is -1.28. The van der Waals surface area contributed by atoms with Crippen LogP contribution in [-0.4, -0.2) is 98.6 Å². The Morgan fingerprint density at radius 1 is 0.962 bits per heavy atom. The first-order valence-corrected chi connectivity index (χ1v) is 18.4. The van der Waals surface area contributed by atoms with Gasteiger partial charge in [-0.15, -0.1) is 0 Å². The van der Waals surface area contributed by atoms with E-state index in [1.807, 2.05) is 29.9 Å². The number of nitrogens with one attached hydrogen (secondary N) is 2. The molecule has 2 N–H and O–H groups in total. The number of rotatable bonds is 13. The number of carbonyl (C=O) groups excluding carboxylic acids is 2. The lowest BCUT2D eigenvalue weighted by molar-refractivity contribution is -0.126. The van der Waals surface area contributed by atoms with E-state index >= 15 is 0 Å². The molecule has 3 aromatic heterocycles. The highest BCUT2D eigenvalue weighted by Crippen LogP contribution is 2.30. The van der Waals surface area contributed by atoms with E-state index in [2.05, 4.69) is 52.5 Å². The van der Waals surface area contributed by atoms with E-state index in [-0.39, 0.29) is 17.4 Å². The van der Waals surface area contributed by atoms with Crippen molar-refractivity contribution in [2.45, 2.75) is 51.5 Å². The summed E-state index contributed by atoms with van der Waals surface area (Å²) in [6, 6.07) is 10.9. The van der Waals surface area contributed by atoms with Gasteiger partial charge in [-0.05, 0) is 55.5 Å². The number of piperazine rings is 1. The molecule has 0 bridgehead atoms. The van der Waals surface area contributed by atoms with Crippen molar-refractivity contribution in [3.05, 3.63) is 90.1 Å². The molecule has 2 saturated heterocycles. The van der Waals surface area contributed by atoms with Crippen LogP contribution in [0.4, 0.5) is 26.0 Å². The van der Waals surface area contributed by atoms with E-state index in [0.29, 0.717) is 41.6 Å². The molecule has 0 spiro atoms. The SMILES string of the molecule is CCCC(C(=O)NC=O)c1ccc(N2CCN(CCN3CCC(n4cc(Nc5ncc(-c6cc(C)c(F)cc6F)n6ccnc56)cn4)CC3)CC2)cc1. The number of benzene rings is 2. The average Bonchev–Trinajstić information content (AvgIpc) is 3.87. The number of nitrogens with zero attached hydrogens (tertiary/aromatic N) is 8. The maximum atomic E-state index is 14.7. The summed E-state index contributed by atoms with van der Waals surface area (Å²) in [4.78, 5) is 39.7. The molecule has 1 atom stereocenters. The third kappa shape index (κ3) is 8.08. The van der Waals surface area contributed by atoms with Gasteiger partial charge >= 0.3 is 0 Å². The Kier molecular flexibility index (Phi) is 11.1. The number of anilines is 3. The highest BCUT2D eigenvalue weighted by molar-refractivity contribution is 5.91. The van der Waals surface area contributed by atoms with E-state index in [1.165, 1.54) is 6.07 Å². The highest BCUT2D eigenvalue weighted by atomic mass is 19.1. The van der Waals surface area contributed by atoms with Crippen LogP contribution in [0.25, 0.3) is 16.9 Å². The molecule has 53 heavy (non-hydrogen) atoms. The summed E-state index contributed by atoms with van der Waals surface area (Å²) >= 11 is 0. The lowest BCUT2D eigenvalue weighted by Crippen LogP contribution is -2.49. The van der Waals surface area contributed by atoms with Gasteiger partial charge in [-0.25, -0.2) is 18.7 Å². The first kappa shape index (κ1) is 36.2. The van der Waals surface area contributed by atoms with Gasteiger partial charge in [0.2, 0.25) is 12.3 Å². The van der Waals surface area contributed by atoms with Crippen LogP contribution in [0, 0.1) is 18.6 Å². The predicted molar refractivity (Wildman–Crippen MR) is 200 cm³/mol. The first-order chi connectivity index (χ1) is 25.8. The monoisotopic (exact) mass is 724 g/mol. The molecule has 14 heteroatoms. The fourth-order valence-electron chi connectivity index (χ4n) is 7.53. The Balaban J connectivity index is 0.870.